The second kappa shape index (κ2) is 5.99. The Bertz CT molecular complexity index is 745. The average Bonchev–Trinajstić information content (AvgIpc) is 2.96. The minimum absolute atomic E-state index is 0.779. The van der Waals surface area contributed by atoms with Crippen LogP contribution in [0, 0.1) is 0 Å². The van der Waals surface area contributed by atoms with Crippen molar-refractivity contribution in [1.29, 1.82) is 0 Å². The van der Waals surface area contributed by atoms with Crippen LogP contribution in [0.25, 0.3) is 22.5 Å². The molecular formula is C15H12Br2N4. The molecule has 3 aromatic rings. The first-order valence-electron chi connectivity index (χ1n) is 6.33. The topological polar surface area (TPSA) is 53.6 Å². The van der Waals surface area contributed by atoms with Crippen molar-refractivity contribution in [1.82, 2.24) is 15.2 Å². The largest absolute Gasteiger partial charge is 0.388 e. The maximum atomic E-state index is 4.38. The van der Waals surface area contributed by atoms with Crippen molar-refractivity contribution in [2.24, 2.45) is 0 Å². The van der Waals surface area contributed by atoms with E-state index in [1.807, 2.05) is 49.5 Å². The molecule has 0 unspecified atom stereocenters. The van der Waals surface area contributed by atoms with Crippen LogP contribution in [0.2, 0.25) is 0 Å². The third-order valence-corrected chi connectivity index (χ3v) is 3.93. The van der Waals surface area contributed by atoms with Crippen molar-refractivity contribution in [3.8, 4) is 22.5 Å². The summed E-state index contributed by atoms with van der Waals surface area (Å²) in [5.74, 6) is 0. The molecule has 4 nitrogen and oxygen atoms in total. The minimum atomic E-state index is 0.779. The molecule has 0 aliphatic rings. The molecule has 0 fully saturated rings. The normalized spacial score (nSPS) is 10.6. The maximum absolute atomic E-state index is 4.38. The molecule has 2 heterocycles. The Kier molecular flexibility index (Phi) is 4.07. The lowest BCUT2D eigenvalue weighted by molar-refractivity contribution is 1.10. The molecule has 6 heteroatoms. The minimum Gasteiger partial charge on any atom is -0.388 e. The first kappa shape index (κ1) is 14.3. The van der Waals surface area contributed by atoms with Gasteiger partial charge in [0.2, 0.25) is 0 Å². The Morgan fingerprint density at radius 1 is 0.952 bits per heavy atom. The number of pyridine rings is 1. The Morgan fingerprint density at radius 2 is 1.62 bits per heavy atom. The maximum Gasteiger partial charge on any atom is 0.108 e. The lowest BCUT2D eigenvalue weighted by Crippen LogP contribution is -1.86. The SMILES string of the molecule is CNc1ccc(-c2cc(-c3cc(Br)nc(Br)c3)[nH]n2)cc1. The van der Waals surface area contributed by atoms with Gasteiger partial charge in [-0.15, -0.1) is 0 Å². The summed E-state index contributed by atoms with van der Waals surface area (Å²) in [5.41, 5.74) is 5.04. The van der Waals surface area contributed by atoms with Gasteiger partial charge in [0.15, 0.2) is 0 Å². The zero-order valence-electron chi connectivity index (χ0n) is 11.2. The summed E-state index contributed by atoms with van der Waals surface area (Å²) < 4.78 is 1.56. The quantitative estimate of drug-likeness (QED) is 0.618. The summed E-state index contributed by atoms with van der Waals surface area (Å²) in [6, 6.07) is 14.1. The highest BCUT2D eigenvalue weighted by Gasteiger charge is 2.08. The van der Waals surface area contributed by atoms with Crippen LogP contribution in [0.15, 0.2) is 51.7 Å². The van der Waals surface area contributed by atoms with Gasteiger partial charge in [0.05, 0.1) is 11.4 Å². The lowest BCUT2D eigenvalue weighted by Gasteiger charge is -2.00. The van der Waals surface area contributed by atoms with Gasteiger partial charge in [0.1, 0.15) is 9.21 Å². The molecule has 3 rings (SSSR count). The van der Waals surface area contributed by atoms with Gasteiger partial charge in [0.25, 0.3) is 0 Å². The van der Waals surface area contributed by atoms with Crippen LogP contribution in [-0.2, 0) is 0 Å². The van der Waals surface area contributed by atoms with E-state index >= 15 is 0 Å². The summed E-state index contributed by atoms with van der Waals surface area (Å²) in [6.07, 6.45) is 0. The zero-order chi connectivity index (χ0) is 14.8. The van der Waals surface area contributed by atoms with E-state index in [0.717, 1.165) is 37.4 Å². The monoisotopic (exact) mass is 406 g/mol. The molecule has 2 N–H and O–H groups in total. The number of rotatable bonds is 3. The predicted octanol–water partition coefficient (Wildman–Crippen LogP) is 4.71. The number of H-pyrrole nitrogens is 1. The van der Waals surface area contributed by atoms with Gasteiger partial charge in [-0.3, -0.25) is 5.10 Å². The number of nitrogens with one attached hydrogen (secondary N) is 2. The van der Waals surface area contributed by atoms with Crippen molar-refractivity contribution < 1.29 is 0 Å². The number of hydrogen-bond acceptors (Lipinski definition) is 3. The lowest BCUT2D eigenvalue weighted by atomic mass is 10.1. The molecular weight excluding hydrogens is 396 g/mol. The fourth-order valence-electron chi connectivity index (χ4n) is 2.05. The van der Waals surface area contributed by atoms with E-state index in [0.29, 0.717) is 0 Å². The molecule has 0 saturated carbocycles. The average molecular weight is 408 g/mol. The molecule has 0 amide bonds. The van der Waals surface area contributed by atoms with E-state index in [4.69, 9.17) is 0 Å². The van der Waals surface area contributed by atoms with Gasteiger partial charge < -0.3 is 5.32 Å². The first-order chi connectivity index (χ1) is 10.2. The third-order valence-electron chi connectivity index (χ3n) is 3.12. The van der Waals surface area contributed by atoms with Gasteiger partial charge in [-0.25, -0.2) is 4.98 Å². The van der Waals surface area contributed by atoms with Crippen LogP contribution < -0.4 is 5.32 Å². The van der Waals surface area contributed by atoms with Crippen molar-refractivity contribution >= 4 is 37.5 Å². The molecule has 0 atom stereocenters. The Hall–Kier alpha value is -1.66. The van der Waals surface area contributed by atoms with E-state index in [1.54, 1.807) is 0 Å². The molecule has 1 aromatic carbocycles. The van der Waals surface area contributed by atoms with Gasteiger partial charge in [-0.2, -0.15) is 5.10 Å². The highest BCUT2D eigenvalue weighted by Crippen LogP contribution is 2.27. The van der Waals surface area contributed by atoms with E-state index in [-0.39, 0.29) is 0 Å². The molecule has 0 aliphatic carbocycles. The molecule has 106 valence electrons. The number of halogens is 2. The molecule has 0 radical (unpaired) electrons. The van der Waals surface area contributed by atoms with Crippen LogP contribution in [0.5, 0.6) is 0 Å². The Labute approximate surface area is 139 Å². The third kappa shape index (κ3) is 3.16. The second-order valence-electron chi connectivity index (χ2n) is 4.50. The summed E-state index contributed by atoms with van der Waals surface area (Å²) in [5, 5.41) is 10.6. The molecule has 2 aromatic heterocycles. The highest BCUT2D eigenvalue weighted by molar-refractivity contribution is 9.11. The Balaban J connectivity index is 1.95. The number of aromatic amines is 1. The molecule has 0 bridgehead atoms. The molecule has 21 heavy (non-hydrogen) atoms. The van der Waals surface area contributed by atoms with E-state index in [2.05, 4.69) is 52.4 Å². The smallest absolute Gasteiger partial charge is 0.108 e. The van der Waals surface area contributed by atoms with Crippen LogP contribution in [-0.4, -0.2) is 22.2 Å². The summed E-state index contributed by atoms with van der Waals surface area (Å²) >= 11 is 6.79. The van der Waals surface area contributed by atoms with Crippen LogP contribution in [0.4, 0.5) is 5.69 Å². The van der Waals surface area contributed by atoms with Crippen molar-refractivity contribution in [2.45, 2.75) is 0 Å². The summed E-state index contributed by atoms with van der Waals surface area (Å²) in [7, 11) is 1.90. The van der Waals surface area contributed by atoms with E-state index in [9.17, 15) is 0 Å². The van der Waals surface area contributed by atoms with Gasteiger partial charge >= 0.3 is 0 Å². The molecule has 0 aliphatic heterocycles. The van der Waals surface area contributed by atoms with Gasteiger partial charge in [-0.1, -0.05) is 12.1 Å². The van der Waals surface area contributed by atoms with Crippen LogP contribution in [0.1, 0.15) is 0 Å². The number of nitrogens with zero attached hydrogens (tertiary/aromatic N) is 2. The highest BCUT2D eigenvalue weighted by atomic mass is 79.9. The standard InChI is InChI=1S/C15H12Br2N4/c1-18-11-4-2-9(3-5-11)12-8-13(21-20-12)10-6-14(16)19-15(17)7-10/h2-8,18H,1H3,(H,20,21). The molecule has 0 spiro atoms. The van der Waals surface area contributed by atoms with E-state index in [1.165, 1.54) is 0 Å². The Morgan fingerprint density at radius 3 is 2.24 bits per heavy atom. The fraction of sp³-hybridized carbons (Fsp3) is 0.0667. The second-order valence-corrected chi connectivity index (χ2v) is 6.12. The summed E-state index contributed by atoms with van der Waals surface area (Å²) in [6.45, 7) is 0. The summed E-state index contributed by atoms with van der Waals surface area (Å²) in [4.78, 5) is 4.24. The predicted molar refractivity (Wildman–Crippen MR) is 92.2 cm³/mol. The van der Waals surface area contributed by atoms with Crippen LogP contribution in [0.3, 0.4) is 0 Å². The zero-order valence-corrected chi connectivity index (χ0v) is 14.4. The van der Waals surface area contributed by atoms with Crippen molar-refractivity contribution in [3.05, 3.63) is 51.7 Å². The van der Waals surface area contributed by atoms with Crippen molar-refractivity contribution in [2.75, 3.05) is 12.4 Å². The van der Waals surface area contributed by atoms with Gasteiger partial charge in [0, 0.05) is 23.9 Å². The fourth-order valence-corrected chi connectivity index (χ4v) is 3.16. The first-order valence-corrected chi connectivity index (χ1v) is 7.91. The number of hydrogen-bond donors (Lipinski definition) is 2. The number of benzene rings is 1. The number of aromatic nitrogens is 3. The van der Waals surface area contributed by atoms with E-state index < -0.39 is 0 Å². The van der Waals surface area contributed by atoms with Crippen LogP contribution >= 0.6 is 31.9 Å². The molecule has 0 saturated heterocycles. The van der Waals surface area contributed by atoms with Gasteiger partial charge in [-0.05, 0) is 62.2 Å². The number of anilines is 1. The van der Waals surface area contributed by atoms with Crippen molar-refractivity contribution in [3.63, 3.8) is 0 Å².